The quantitative estimate of drug-likeness (QED) is 0.535. The summed E-state index contributed by atoms with van der Waals surface area (Å²) < 4.78 is 4.73. The molecule has 0 rings (SSSR count). The lowest BCUT2D eigenvalue weighted by Crippen LogP contribution is -2.44. The molecule has 0 aromatic rings. The topological polar surface area (TPSA) is 66.8 Å². The molecule has 0 heterocycles. The molecule has 1 amide bonds. The molecule has 0 bridgehead atoms. The molecule has 0 aliphatic rings. The average Bonchev–Trinajstić information content (AvgIpc) is 2.40. The van der Waals surface area contributed by atoms with E-state index in [2.05, 4.69) is 6.58 Å². The van der Waals surface area contributed by atoms with Gasteiger partial charge in [0.15, 0.2) is 0 Å². The molecule has 5 nitrogen and oxygen atoms in total. The first-order valence-electron chi connectivity index (χ1n) is 6.29. The number of aliphatic hydroxyl groups is 1. The van der Waals surface area contributed by atoms with Gasteiger partial charge in [0.2, 0.25) is 5.91 Å². The maximum absolute atomic E-state index is 12.1. The molecule has 5 heteroatoms. The number of nitrogens with zero attached hydrogens (tertiary/aromatic N) is 1. The normalized spacial score (nSPS) is 12.5. The van der Waals surface area contributed by atoms with E-state index in [1.165, 1.54) is 24.3 Å². The van der Waals surface area contributed by atoms with Crippen LogP contribution in [-0.2, 0) is 14.3 Å². The van der Waals surface area contributed by atoms with Gasteiger partial charge in [0.05, 0.1) is 7.11 Å². The Labute approximate surface area is 114 Å². The van der Waals surface area contributed by atoms with E-state index in [1.807, 2.05) is 0 Å². The summed E-state index contributed by atoms with van der Waals surface area (Å²) >= 11 is 0. The Kier molecular flexibility index (Phi) is 8.53. The van der Waals surface area contributed by atoms with Crippen LogP contribution in [0.1, 0.15) is 26.7 Å². The highest BCUT2D eigenvalue weighted by Crippen LogP contribution is 2.14. The Morgan fingerprint density at radius 2 is 2.05 bits per heavy atom. The Morgan fingerprint density at radius 3 is 2.47 bits per heavy atom. The molecule has 1 atom stereocenters. The highest BCUT2D eigenvalue weighted by molar-refractivity contribution is 5.86. The summed E-state index contributed by atoms with van der Waals surface area (Å²) in [5.74, 6) is -0.904. The molecular formula is C14H23NO4. The van der Waals surface area contributed by atoms with Crippen molar-refractivity contribution in [2.75, 3.05) is 13.7 Å². The number of amides is 1. The van der Waals surface area contributed by atoms with Gasteiger partial charge in [-0.15, -0.1) is 0 Å². The number of hydrogen-bond donors (Lipinski definition) is 1. The minimum absolute atomic E-state index is 0.0393. The zero-order valence-electron chi connectivity index (χ0n) is 11.8. The van der Waals surface area contributed by atoms with E-state index in [0.717, 1.165) is 0 Å². The molecule has 0 aliphatic heterocycles. The SMILES string of the molecule is C=C/C=C/N(C(=O)C(C)C)[C@H](CCCO)C(=O)OC. The number of methoxy groups -OCH3 is 1. The van der Waals surface area contributed by atoms with Gasteiger partial charge >= 0.3 is 5.97 Å². The summed E-state index contributed by atoms with van der Waals surface area (Å²) in [6, 6.07) is -0.719. The molecule has 0 aromatic carbocycles. The van der Waals surface area contributed by atoms with Crippen molar-refractivity contribution in [3.05, 3.63) is 24.9 Å². The first kappa shape index (κ1) is 17.4. The molecule has 0 fully saturated rings. The number of rotatable bonds is 8. The summed E-state index contributed by atoms with van der Waals surface area (Å²) in [6.07, 6.45) is 5.41. The smallest absolute Gasteiger partial charge is 0.328 e. The van der Waals surface area contributed by atoms with Crippen molar-refractivity contribution in [1.29, 1.82) is 0 Å². The number of ether oxygens (including phenoxy) is 1. The molecule has 0 radical (unpaired) electrons. The summed E-state index contributed by atoms with van der Waals surface area (Å²) in [7, 11) is 1.28. The Hall–Kier alpha value is -1.62. The third-order valence-corrected chi connectivity index (χ3v) is 2.58. The van der Waals surface area contributed by atoms with Crippen LogP contribution < -0.4 is 0 Å². The molecule has 0 spiro atoms. The van der Waals surface area contributed by atoms with E-state index in [-0.39, 0.29) is 18.4 Å². The van der Waals surface area contributed by atoms with E-state index >= 15 is 0 Å². The van der Waals surface area contributed by atoms with Crippen molar-refractivity contribution in [1.82, 2.24) is 4.90 Å². The van der Waals surface area contributed by atoms with Crippen molar-refractivity contribution in [2.45, 2.75) is 32.7 Å². The average molecular weight is 269 g/mol. The minimum Gasteiger partial charge on any atom is -0.467 e. The van der Waals surface area contributed by atoms with Crippen molar-refractivity contribution >= 4 is 11.9 Å². The van der Waals surface area contributed by atoms with Gasteiger partial charge < -0.3 is 14.7 Å². The van der Waals surface area contributed by atoms with Crippen molar-refractivity contribution in [3.63, 3.8) is 0 Å². The monoisotopic (exact) mass is 269 g/mol. The van der Waals surface area contributed by atoms with E-state index in [9.17, 15) is 9.59 Å². The summed E-state index contributed by atoms with van der Waals surface area (Å²) in [4.78, 5) is 25.3. The second-order valence-corrected chi connectivity index (χ2v) is 4.38. The van der Waals surface area contributed by atoms with Crippen LogP contribution in [0.3, 0.4) is 0 Å². The van der Waals surface area contributed by atoms with Gasteiger partial charge in [0.25, 0.3) is 0 Å². The number of hydrogen-bond acceptors (Lipinski definition) is 4. The van der Waals surface area contributed by atoms with Crippen LogP contribution in [0, 0.1) is 5.92 Å². The first-order valence-corrected chi connectivity index (χ1v) is 6.29. The van der Waals surface area contributed by atoms with Crippen LogP contribution in [0.4, 0.5) is 0 Å². The second-order valence-electron chi connectivity index (χ2n) is 4.38. The van der Waals surface area contributed by atoms with Crippen molar-refractivity contribution in [2.24, 2.45) is 5.92 Å². The summed E-state index contributed by atoms with van der Waals surface area (Å²) in [6.45, 7) is 7.03. The lowest BCUT2D eigenvalue weighted by atomic mass is 10.1. The van der Waals surface area contributed by atoms with Gasteiger partial charge in [-0.2, -0.15) is 0 Å². The molecule has 0 aromatic heterocycles. The van der Waals surface area contributed by atoms with Crippen molar-refractivity contribution < 1.29 is 19.4 Å². The minimum atomic E-state index is -0.719. The number of carbonyl (C=O) groups is 2. The first-order chi connectivity index (χ1) is 8.99. The highest BCUT2D eigenvalue weighted by Gasteiger charge is 2.29. The van der Waals surface area contributed by atoms with Gasteiger partial charge in [-0.05, 0) is 18.9 Å². The maximum Gasteiger partial charge on any atom is 0.328 e. The van der Waals surface area contributed by atoms with Crippen LogP contribution >= 0.6 is 0 Å². The fourth-order valence-electron chi connectivity index (χ4n) is 1.57. The molecule has 0 aliphatic carbocycles. The van der Waals surface area contributed by atoms with Gasteiger partial charge in [0.1, 0.15) is 6.04 Å². The van der Waals surface area contributed by atoms with E-state index in [4.69, 9.17) is 9.84 Å². The predicted molar refractivity (Wildman–Crippen MR) is 73.1 cm³/mol. The summed E-state index contributed by atoms with van der Waals surface area (Å²) in [5.41, 5.74) is 0. The molecule has 108 valence electrons. The van der Waals surface area contributed by atoms with E-state index < -0.39 is 12.0 Å². The molecule has 19 heavy (non-hydrogen) atoms. The maximum atomic E-state index is 12.1. The predicted octanol–water partition coefficient (Wildman–Crippen LogP) is 1.48. The molecule has 1 N–H and O–H groups in total. The van der Waals surface area contributed by atoms with Gasteiger partial charge in [0, 0.05) is 18.7 Å². The Balaban J connectivity index is 5.21. The van der Waals surface area contributed by atoms with Crippen LogP contribution in [0.25, 0.3) is 0 Å². The lowest BCUT2D eigenvalue weighted by molar-refractivity contribution is -0.152. The van der Waals surface area contributed by atoms with E-state index in [0.29, 0.717) is 12.8 Å². The third kappa shape index (κ3) is 5.70. The van der Waals surface area contributed by atoms with Crippen LogP contribution in [0.15, 0.2) is 24.9 Å². The highest BCUT2D eigenvalue weighted by atomic mass is 16.5. The number of esters is 1. The van der Waals surface area contributed by atoms with Crippen molar-refractivity contribution in [3.8, 4) is 0 Å². The second kappa shape index (κ2) is 9.33. The van der Waals surface area contributed by atoms with Crippen LogP contribution in [0.5, 0.6) is 0 Å². The van der Waals surface area contributed by atoms with Gasteiger partial charge in [-0.1, -0.05) is 26.5 Å². The zero-order valence-corrected chi connectivity index (χ0v) is 11.8. The third-order valence-electron chi connectivity index (χ3n) is 2.58. The number of carbonyl (C=O) groups excluding carboxylic acids is 2. The molecule has 0 unspecified atom stereocenters. The molecular weight excluding hydrogens is 246 g/mol. The van der Waals surface area contributed by atoms with Crippen LogP contribution in [0.2, 0.25) is 0 Å². The summed E-state index contributed by atoms with van der Waals surface area (Å²) in [5, 5.41) is 8.89. The zero-order chi connectivity index (χ0) is 14.8. The van der Waals surface area contributed by atoms with Gasteiger partial charge in [-0.25, -0.2) is 4.79 Å². The number of aliphatic hydroxyl groups excluding tert-OH is 1. The van der Waals surface area contributed by atoms with Gasteiger partial charge in [-0.3, -0.25) is 4.79 Å². The molecule has 0 saturated heterocycles. The number of allylic oxidation sites excluding steroid dienone is 2. The Morgan fingerprint density at radius 1 is 1.42 bits per heavy atom. The van der Waals surface area contributed by atoms with E-state index in [1.54, 1.807) is 19.9 Å². The fraction of sp³-hybridized carbons (Fsp3) is 0.571. The Bertz CT molecular complexity index is 336. The standard InChI is InChI=1S/C14H23NO4/c1-5-6-9-15(13(17)11(2)3)12(8-7-10-16)14(18)19-4/h5-6,9,11-12,16H,1,7-8,10H2,2-4H3/b9-6+/t12-/m1/s1. The fourth-order valence-corrected chi connectivity index (χ4v) is 1.57. The van der Waals surface area contributed by atoms with Crippen LogP contribution in [-0.4, -0.2) is 41.6 Å². The largest absolute Gasteiger partial charge is 0.467 e. The molecule has 0 saturated carbocycles. The lowest BCUT2D eigenvalue weighted by Gasteiger charge is -2.28.